The van der Waals surface area contributed by atoms with E-state index < -0.39 is 0 Å². The molecule has 0 saturated carbocycles. The Morgan fingerprint density at radius 2 is 1.97 bits per heavy atom. The van der Waals surface area contributed by atoms with E-state index in [1.165, 1.54) is 22.7 Å². The molecule has 0 bridgehead atoms. The topological polar surface area (TPSA) is 71.5 Å². The first kappa shape index (κ1) is 22.0. The van der Waals surface area contributed by atoms with Gasteiger partial charge in [-0.1, -0.05) is 41.7 Å². The van der Waals surface area contributed by atoms with E-state index in [-0.39, 0.29) is 11.8 Å². The highest BCUT2D eigenvalue weighted by Crippen LogP contribution is 2.32. The molecule has 0 fully saturated rings. The third kappa shape index (κ3) is 5.33. The number of rotatable bonds is 9. The van der Waals surface area contributed by atoms with E-state index in [0.717, 1.165) is 21.5 Å². The second kappa shape index (κ2) is 10.4. The van der Waals surface area contributed by atoms with Crippen molar-refractivity contribution >= 4 is 49.8 Å². The maximum atomic E-state index is 13.2. The van der Waals surface area contributed by atoms with Gasteiger partial charge in [-0.05, 0) is 41.6 Å². The molecule has 164 valence electrons. The van der Waals surface area contributed by atoms with Crippen LogP contribution in [0.4, 0.5) is 5.13 Å². The average Bonchev–Trinajstić information content (AvgIpc) is 3.50. The SMILES string of the molecule is COc1ccc2nc(N(Cc3ccccc3)C(=O)CCCNC(=O)c3ccsc3)sc2c1. The molecular formula is C24H23N3O3S2. The van der Waals surface area contributed by atoms with Crippen LogP contribution in [0.5, 0.6) is 5.75 Å². The Hall–Kier alpha value is -3.23. The number of hydrogen-bond acceptors (Lipinski definition) is 6. The van der Waals surface area contributed by atoms with Crippen molar-refractivity contribution in [3.8, 4) is 5.75 Å². The molecule has 6 nitrogen and oxygen atoms in total. The average molecular weight is 466 g/mol. The third-order valence-electron chi connectivity index (χ3n) is 4.94. The number of thiophene rings is 1. The second-order valence-corrected chi connectivity index (χ2v) is 8.96. The highest BCUT2D eigenvalue weighted by atomic mass is 32.1. The van der Waals surface area contributed by atoms with E-state index in [1.807, 2.05) is 59.3 Å². The van der Waals surface area contributed by atoms with Crippen LogP contribution < -0.4 is 15.0 Å². The number of nitrogens with one attached hydrogen (secondary N) is 1. The number of amides is 2. The number of nitrogens with zero attached hydrogens (tertiary/aromatic N) is 2. The molecule has 1 N–H and O–H groups in total. The van der Waals surface area contributed by atoms with Crippen molar-refractivity contribution in [2.45, 2.75) is 19.4 Å². The van der Waals surface area contributed by atoms with Crippen molar-refractivity contribution < 1.29 is 14.3 Å². The summed E-state index contributed by atoms with van der Waals surface area (Å²) in [4.78, 5) is 31.7. The van der Waals surface area contributed by atoms with E-state index in [9.17, 15) is 9.59 Å². The van der Waals surface area contributed by atoms with Crippen molar-refractivity contribution in [3.05, 3.63) is 76.5 Å². The Bertz CT molecular complexity index is 1190. The standard InChI is InChI=1S/C24H23N3O3S2/c1-30-19-9-10-20-21(14-19)32-24(26-20)27(15-17-6-3-2-4-7-17)22(28)8-5-12-25-23(29)18-11-13-31-16-18/h2-4,6-7,9-11,13-14,16H,5,8,12,15H2,1H3,(H,25,29). The molecule has 0 atom stereocenters. The van der Waals surface area contributed by atoms with Gasteiger partial charge in [0.05, 0.1) is 23.9 Å². The summed E-state index contributed by atoms with van der Waals surface area (Å²) in [6.07, 6.45) is 0.870. The van der Waals surface area contributed by atoms with Crippen LogP contribution in [0.2, 0.25) is 0 Å². The largest absolute Gasteiger partial charge is 0.497 e. The summed E-state index contributed by atoms with van der Waals surface area (Å²) in [7, 11) is 1.63. The fourth-order valence-corrected chi connectivity index (χ4v) is 4.88. The second-order valence-electron chi connectivity index (χ2n) is 7.17. The molecule has 0 radical (unpaired) electrons. The zero-order chi connectivity index (χ0) is 22.3. The van der Waals surface area contributed by atoms with Crippen LogP contribution in [0.25, 0.3) is 10.2 Å². The zero-order valence-electron chi connectivity index (χ0n) is 17.6. The Labute approximate surface area is 194 Å². The number of aromatic nitrogens is 1. The first-order valence-corrected chi connectivity index (χ1v) is 12.0. The lowest BCUT2D eigenvalue weighted by molar-refractivity contribution is -0.118. The normalized spacial score (nSPS) is 10.8. The Morgan fingerprint density at radius 3 is 2.72 bits per heavy atom. The molecule has 2 heterocycles. The lowest BCUT2D eigenvalue weighted by atomic mass is 10.2. The quantitative estimate of drug-likeness (QED) is 0.349. The van der Waals surface area contributed by atoms with Gasteiger partial charge in [0.1, 0.15) is 5.75 Å². The molecular weight excluding hydrogens is 442 g/mol. The van der Waals surface area contributed by atoms with Gasteiger partial charge in [-0.3, -0.25) is 14.5 Å². The fraction of sp³-hybridized carbons (Fsp3) is 0.208. The summed E-state index contributed by atoms with van der Waals surface area (Å²) >= 11 is 2.95. The first-order valence-electron chi connectivity index (χ1n) is 10.2. The number of carbonyl (C=O) groups is 2. The Balaban J connectivity index is 1.46. The highest BCUT2D eigenvalue weighted by Gasteiger charge is 2.20. The maximum Gasteiger partial charge on any atom is 0.252 e. The number of methoxy groups -OCH3 is 1. The number of thiazole rings is 1. The zero-order valence-corrected chi connectivity index (χ0v) is 19.2. The smallest absolute Gasteiger partial charge is 0.252 e. The molecule has 32 heavy (non-hydrogen) atoms. The maximum absolute atomic E-state index is 13.2. The number of benzene rings is 2. The van der Waals surface area contributed by atoms with Gasteiger partial charge >= 0.3 is 0 Å². The molecule has 0 aliphatic rings. The third-order valence-corrected chi connectivity index (χ3v) is 6.66. The lowest BCUT2D eigenvalue weighted by Gasteiger charge is -2.20. The highest BCUT2D eigenvalue weighted by molar-refractivity contribution is 7.22. The summed E-state index contributed by atoms with van der Waals surface area (Å²) in [6, 6.07) is 17.4. The van der Waals surface area contributed by atoms with Crippen LogP contribution in [-0.4, -0.2) is 30.5 Å². The number of hydrogen-bond donors (Lipinski definition) is 1. The van der Waals surface area contributed by atoms with Crippen LogP contribution in [0, 0.1) is 0 Å². The van der Waals surface area contributed by atoms with Crippen LogP contribution >= 0.6 is 22.7 Å². The van der Waals surface area contributed by atoms with Crippen molar-refractivity contribution in [2.75, 3.05) is 18.6 Å². The van der Waals surface area contributed by atoms with Gasteiger partial charge in [0, 0.05) is 23.9 Å². The molecule has 4 rings (SSSR count). The van der Waals surface area contributed by atoms with Crippen LogP contribution in [-0.2, 0) is 11.3 Å². The van der Waals surface area contributed by atoms with Crippen molar-refractivity contribution in [1.29, 1.82) is 0 Å². The van der Waals surface area contributed by atoms with Gasteiger partial charge in [0.15, 0.2) is 5.13 Å². The van der Waals surface area contributed by atoms with Crippen LogP contribution in [0.1, 0.15) is 28.8 Å². The van der Waals surface area contributed by atoms with E-state index in [2.05, 4.69) is 5.32 Å². The summed E-state index contributed by atoms with van der Waals surface area (Å²) in [5.41, 5.74) is 2.51. The Kier molecular flexibility index (Phi) is 7.14. The predicted molar refractivity (Wildman–Crippen MR) is 130 cm³/mol. The van der Waals surface area contributed by atoms with Gasteiger partial charge in [-0.15, -0.1) is 0 Å². The van der Waals surface area contributed by atoms with Crippen molar-refractivity contribution in [2.24, 2.45) is 0 Å². The minimum atomic E-state index is -0.111. The monoisotopic (exact) mass is 465 g/mol. The molecule has 2 aromatic carbocycles. The molecule has 8 heteroatoms. The van der Waals surface area contributed by atoms with Gasteiger partial charge in [0.2, 0.25) is 5.91 Å². The summed E-state index contributed by atoms with van der Waals surface area (Å²) < 4.78 is 6.28. The Morgan fingerprint density at radius 1 is 1.12 bits per heavy atom. The van der Waals surface area contributed by atoms with Gasteiger partial charge in [-0.2, -0.15) is 11.3 Å². The van der Waals surface area contributed by atoms with Crippen LogP contribution in [0.15, 0.2) is 65.4 Å². The molecule has 0 spiro atoms. The first-order chi connectivity index (χ1) is 15.6. The fourth-order valence-electron chi connectivity index (χ4n) is 3.24. The minimum absolute atomic E-state index is 0.0235. The number of carbonyl (C=O) groups excluding carboxylic acids is 2. The van der Waals surface area contributed by atoms with Gasteiger partial charge < -0.3 is 10.1 Å². The predicted octanol–water partition coefficient (Wildman–Crippen LogP) is 5.11. The summed E-state index contributed by atoms with van der Waals surface area (Å²) in [6.45, 7) is 0.883. The minimum Gasteiger partial charge on any atom is -0.497 e. The van der Waals surface area contributed by atoms with Crippen LogP contribution in [0.3, 0.4) is 0 Å². The summed E-state index contributed by atoms with van der Waals surface area (Å²) in [5, 5.41) is 7.21. The van der Waals surface area contributed by atoms with E-state index in [0.29, 0.717) is 36.6 Å². The lowest BCUT2D eigenvalue weighted by Crippen LogP contribution is -2.31. The van der Waals surface area contributed by atoms with Crippen molar-refractivity contribution in [1.82, 2.24) is 10.3 Å². The molecule has 0 unspecified atom stereocenters. The molecule has 2 amide bonds. The molecule has 0 saturated heterocycles. The molecule has 0 aliphatic carbocycles. The molecule has 0 aliphatic heterocycles. The number of ether oxygens (including phenoxy) is 1. The number of anilines is 1. The summed E-state index contributed by atoms with van der Waals surface area (Å²) in [5.74, 6) is 0.625. The van der Waals surface area contributed by atoms with Gasteiger partial charge in [0.25, 0.3) is 5.91 Å². The van der Waals surface area contributed by atoms with E-state index >= 15 is 0 Å². The molecule has 2 aromatic heterocycles. The van der Waals surface area contributed by atoms with Gasteiger partial charge in [-0.25, -0.2) is 4.98 Å². The van der Waals surface area contributed by atoms with E-state index in [4.69, 9.17) is 9.72 Å². The van der Waals surface area contributed by atoms with Crippen molar-refractivity contribution in [3.63, 3.8) is 0 Å². The van der Waals surface area contributed by atoms with E-state index in [1.54, 1.807) is 18.1 Å². The number of fused-ring (bicyclic) bond motifs is 1. The molecule has 4 aromatic rings.